The molecule has 0 unspecified atom stereocenters. The minimum atomic E-state index is -1.36. The lowest BCUT2D eigenvalue weighted by atomic mass is 9.95. The molecule has 1 aliphatic heterocycles. The number of carbonyl (C=O) groups excluding carboxylic acids is 5. The number of unbranched alkanes of at least 4 members (excludes halogenated alkanes) is 8. The molecule has 0 spiro atoms. The number of ketones is 1. The second kappa shape index (κ2) is 23.1. The Labute approximate surface area is 284 Å². The Morgan fingerprint density at radius 2 is 1.33 bits per heavy atom. The molecular weight excluding hydrogens is 622 g/mol. The number of ether oxygens (including phenoxy) is 6. The number of carbonyl (C=O) groups is 5. The van der Waals surface area contributed by atoms with Gasteiger partial charge in [-0.3, -0.25) is 29.3 Å². The predicted molar refractivity (Wildman–Crippen MR) is 176 cm³/mol. The van der Waals surface area contributed by atoms with E-state index in [-0.39, 0.29) is 31.5 Å². The van der Waals surface area contributed by atoms with Crippen LogP contribution in [0.1, 0.15) is 111 Å². The number of nitrogens with one attached hydrogen (secondary N) is 1. The molecule has 1 fully saturated rings. The highest BCUT2D eigenvalue weighted by molar-refractivity contribution is 5.81. The Hall–Kier alpha value is -3.35. The van der Waals surface area contributed by atoms with Crippen LogP contribution in [-0.4, -0.2) is 79.6 Å². The van der Waals surface area contributed by atoms with Crippen molar-refractivity contribution in [3.63, 3.8) is 0 Å². The van der Waals surface area contributed by atoms with Crippen molar-refractivity contribution >= 4 is 29.7 Å². The van der Waals surface area contributed by atoms with Crippen molar-refractivity contribution in [2.75, 3.05) is 13.2 Å². The zero-order valence-electron chi connectivity index (χ0n) is 29.2. The Morgan fingerprint density at radius 1 is 0.750 bits per heavy atom. The normalized spacial score (nSPS) is 21.1. The van der Waals surface area contributed by atoms with Gasteiger partial charge >= 0.3 is 23.9 Å². The Bertz CT molecular complexity index is 1130. The fourth-order valence-corrected chi connectivity index (χ4v) is 5.66. The van der Waals surface area contributed by atoms with Crippen LogP contribution in [0.25, 0.3) is 0 Å². The molecule has 0 aromatic heterocycles. The molecule has 0 aliphatic carbocycles. The topological polar surface area (TPSA) is 153 Å². The molecule has 0 bridgehead atoms. The first kappa shape index (κ1) is 40.8. The van der Waals surface area contributed by atoms with Gasteiger partial charge in [0.25, 0.3) is 0 Å². The van der Waals surface area contributed by atoms with Crippen molar-refractivity contribution in [2.24, 2.45) is 0 Å². The van der Waals surface area contributed by atoms with Crippen LogP contribution in [0, 0.1) is 0 Å². The minimum Gasteiger partial charge on any atom is -0.463 e. The number of hydrogen-bond acceptors (Lipinski definition) is 12. The van der Waals surface area contributed by atoms with E-state index in [2.05, 4.69) is 12.2 Å². The van der Waals surface area contributed by atoms with Gasteiger partial charge in [0.05, 0.1) is 19.3 Å². The summed E-state index contributed by atoms with van der Waals surface area (Å²) in [6.45, 7) is 6.73. The third kappa shape index (κ3) is 16.7. The van der Waals surface area contributed by atoms with Crippen LogP contribution in [0.4, 0.5) is 0 Å². The van der Waals surface area contributed by atoms with E-state index in [1.807, 2.05) is 30.3 Å². The van der Waals surface area contributed by atoms with Gasteiger partial charge in [0.15, 0.2) is 12.2 Å². The first-order chi connectivity index (χ1) is 23.0. The monoisotopic (exact) mass is 677 g/mol. The van der Waals surface area contributed by atoms with E-state index in [9.17, 15) is 24.0 Å². The van der Waals surface area contributed by atoms with Crippen molar-refractivity contribution in [1.82, 2.24) is 5.32 Å². The van der Waals surface area contributed by atoms with Crippen LogP contribution in [-0.2, 0) is 59.0 Å². The summed E-state index contributed by atoms with van der Waals surface area (Å²) in [7, 11) is 0. The first-order valence-electron chi connectivity index (χ1n) is 17.2. The molecule has 1 saturated heterocycles. The summed E-state index contributed by atoms with van der Waals surface area (Å²) in [6, 6.07) is 8.66. The molecule has 1 aromatic carbocycles. The SMILES string of the molecule is CCCCCCCCCCC[C@H](CC(=O)CN[C@H]1[C@H](OC(C)=O)O[C@H](COC(C)=O)[C@@H](OC(C)=O)[C@@H]1OC(C)=O)OCc1ccccc1. The van der Waals surface area contributed by atoms with Gasteiger partial charge in [0.1, 0.15) is 24.5 Å². The maximum atomic E-state index is 13.4. The van der Waals surface area contributed by atoms with Crippen LogP contribution in [0.15, 0.2) is 30.3 Å². The summed E-state index contributed by atoms with van der Waals surface area (Å²) in [5.74, 6) is -2.92. The zero-order chi connectivity index (χ0) is 35.3. The first-order valence-corrected chi connectivity index (χ1v) is 17.2. The molecule has 12 heteroatoms. The van der Waals surface area contributed by atoms with Crippen molar-refractivity contribution in [2.45, 2.75) is 149 Å². The van der Waals surface area contributed by atoms with Gasteiger partial charge < -0.3 is 28.4 Å². The second-order valence-electron chi connectivity index (χ2n) is 12.3. The van der Waals surface area contributed by atoms with Crippen LogP contribution in [0.5, 0.6) is 0 Å². The lowest BCUT2D eigenvalue weighted by Gasteiger charge is -2.44. The van der Waals surface area contributed by atoms with E-state index in [0.717, 1.165) is 31.2 Å². The van der Waals surface area contributed by atoms with Gasteiger partial charge in [-0.1, -0.05) is 95.0 Å². The highest BCUT2D eigenvalue weighted by Crippen LogP contribution is 2.28. The third-order valence-electron chi connectivity index (χ3n) is 7.93. The molecule has 1 heterocycles. The number of Topliss-reactive ketones (excluding diaryl/α,β-unsaturated/α-hetero) is 1. The Kier molecular flexibility index (Phi) is 19.6. The molecule has 1 N–H and O–H groups in total. The standard InChI is InChI=1S/C36H55NO11/c1-6-7-8-9-10-11-12-13-17-20-31(44-23-29-18-15-14-16-19-29)21-30(42)22-37-33-35(46-27(4)40)34(45-26(3)39)32(24-43-25(2)38)48-36(33)47-28(5)41/h14-16,18-19,31-37H,6-13,17,20-24H2,1-5H3/t31-,32-,33-,34-,35-,36-/m1/s1. The Balaban J connectivity index is 2.12. The van der Waals surface area contributed by atoms with Crippen molar-refractivity contribution in [3.05, 3.63) is 35.9 Å². The maximum absolute atomic E-state index is 13.4. The van der Waals surface area contributed by atoms with E-state index >= 15 is 0 Å². The van der Waals surface area contributed by atoms with Gasteiger partial charge in [-0.2, -0.15) is 0 Å². The lowest BCUT2D eigenvalue weighted by molar-refractivity contribution is -0.271. The summed E-state index contributed by atoms with van der Waals surface area (Å²) in [4.78, 5) is 61.2. The zero-order valence-corrected chi connectivity index (χ0v) is 29.2. The van der Waals surface area contributed by atoms with Crippen LogP contribution >= 0.6 is 0 Å². The van der Waals surface area contributed by atoms with Gasteiger partial charge in [-0.05, 0) is 12.0 Å². The van der Waals surface area contributed by atoms with Crippen LogP contribution in [0.3, 0.4) is 0 Å². The van der Waals surface area contributed by atoms with Crippen molar-refractivity contribution < 1.29 is 52.4 Å². The van der Waals surface area contributed by atoms with Gasteiger partial charge in [0.2, 0.25) is 6.29 Å². The molecule has 270 valence electrons. The van der Waals surface area contributed by atoms with E-state index in [0.29, 0.717) is 6.61 Å². The number of esters is 4. The molecule has 0 saturated carbocycles. The molecule has 6 atom stereocenters. The molecule has 0 amide bonds. The molecule has 0 radical (unpaired) electrons. The highest BCUT2D eigenvalue weighted by Gasteiger charge is 2.51. The molecule has 1 aromatic rings. The number of benzene rings is 1. The smallest absolute Gasteiger partial charge is 0.304 e. The average Bonchev–Trinajstić information content (AvgIpc) is 3.02. The van der Waals surface area contributed by atoms with Gasteiger partial charge in [-0.15, -0.1) is 0 Å². The molecule has 2 rings (SSSR count). The number of hydrogen-bond donors (Lipinski definition) is 1. The predicted octanol–water partition coefficient (Wildman–Crippen LogP) is 5.12. The fraction of sp³-hybridized carbons (Fsp3) is 0.694. The van der Waals surface area contributed by atoms with E-state index in [1.165, 1.54) is 66.2 Å². The molecule has 1 aliphatic rings. The Morgan fingerprint density at radius 3 is 1.92 bits per heavy atom. The second-order valence-corrected chi connectivity index (χ2v) is 12.3. The van der Waals surface area contributed by atoms with Gasteiger partial charge in [-0.25, -0.2) is 0 Å². The third-order valence-corrected chi connectivity index (χ3v) is 7.93. The summed E-state index contributed by atoms with van der Waals surface area (Å²) < 4.78 is 33.6. The van der Waals surface area contributed by atoms with E-state index in [1.54, 1.807) is 0 Å². The quantitative estimate of drug-likeness (QED) is 0.0929. The van der Waals surface area contributed by atoms with E-state index in [4.69, 9.17) is 28.4 Å². The largest absolute Gasteiger partial charge is 0.463 e. The van der Waals surface area contributed by atoms with Crippen molar-refractivity contribution in [1.29, 1.82) is 0 Å². The number of rotatable bonds is 23. The summed E-state index contributed by atoms with van der Waals surface area (Å²) >= 11 is 0. The van der Waals surface area contributed by atoms with Gasteiger partial charge in [0, 0.05) is 34.1 Å². The lowest BCUT2D eigenvalue weighted by Crippen LogP contribution is -2.66. The molecular formula is C36H55NO11. The fourth-order valence-electron chi connectivity index (χ4n) is 5.66. The van der Waals surface area contributed by atoms with E-state index < -0.39 is 54.5 Å². The summed E-state index contributed by atoms with van der Waals surface area (Å²) in [5, 5.41) is 3.02. The molecule has 12 nitrogen and oxygen atoms in total. The summed E-state index contributed by atoms with van der Waals surface area (Å²) in [5.41, 5.74) is 1.01. The van der Waals surface area contributed by atoms with Crippen LogP contribution in [0.2, 0.25) is 0 Å². The molecule has 48 heavy (non-hydrogen) atoms. The highest BCUT2D eigenvalue weighted by atomic mass is 16.7. The van der Waals surface area contributed by atoms with Crippen molar-refractivity contribution in [3.8, 4) is 0 Å². The van der Waals surface area contributed by atoms with Crippen LogP contribution < -0.4 is 5.32 Å². The summed E-state index contributed by atoms with van der Waals surface area (Å²) in [6.07, 6.45) is 6.23. The maximum Gasteiger partial charge on any atom is 0.304 e. The minimum absolute atomic E-state index is 0.128. The average molecular weight is 678 g/mol.